The Kier molecular flexibility index (Phi) is 3.84. The molecule has 0 spiro atoms. The van der Waals surface area contributed by atoms with Gasteiger partial charge in [0.25, 0.3) is 0 Å². The highest BCUT2D eigenvalue weighted by Crippen LogP contribution is 2.36. The fourth-order valence-corrected chi connectivity index (χ4v) is 3.05. The molecule has 1 unspecified atom stereocenters. The van der Waals surface area contributed by atoms with E-state index in [9.17, 15) is 0 Å². The average molecular weight is 346 g/mol. The molecule has 0 aliphatic carbocycles. The molecular weight excluding hydrogens is 330 g/mol. The van der Waals surface area contributed by atoms with Crippen LogP contribution in [0.3, 0.4) is 0 Å². The summed E-state index contributed by atoms with van der Waals surface area (Å²) in [7, 11) is 1.67. The van der Waals surface area contributed by atoms with Gasteiger partial charge < -0.3 is 15.4 Å². The van der Waals surface area contributed by atoms with Crippen LogP contribution in [0.5, 0.6) is 5.75 Å². The van der Waals surface area contributed by atoms with Crippen LogP contribution >= 0.6 is 15.9 Å². The highest BCUT2D eigenvalue weighted by molar-refractivity contribution is 9.10. The Morgan fingerprint density at radius 3 is 2.71 bits per heavy atom. The molecule has 0 bridgehead atoms. The lowest BCUT2D eigenvalue weighted by Gasteiger charge is -2.27. The second-order valence-electron chi connectivity index (χ2n) is 4.81. The van der Waals surface area contributed by atoms with Gasteiger partial charge in [-0.1, -0.05) is 34.1 Å². The lowest BCUT2D eigenvalue weighted by molar-refractivity contribution is 0.414. The van der Waals surface area contributed by atoms with Gasteiger partial charge in [-0.05, 0) is 35.9 Å². The standard InChI is InChI=1S/C16H16BrN3O/c1-21-12-7-8-14(17)13(9-12)15-10-19-16(18)20(15)11-5-3-2-4-6-11/h2-9,15H,10H2,1H3,(H2,18,19). The van der Waals surface area contributed by atoms with Gasteiger partial charge in [-0.2, -0.15) is 0 Å². The summed E-state index contributed by atoms with van der Waals surface area (Å²) in [6.45, 7) is 0.631. The Labute approximate surface area is 132 Å². The van der Waals surface area contributed by atoms with Crippen molar-refractivity contribution in [3.63, 3.8) is 0 Å². The predicted molar refractivity (Wildman–Crippen MR) is 88.8 cm³/mol. The quantitative estimate of drug-likeness (QED) is 0.928. The van der Waals surface area contributed by atoms with Crippen molar-refractivity contribution in [3.05, 3.63) is 58.6 Å². The second kappa shape index (κ2) is 5.77. The van der Waals surface area contributed by atoms with Gasteiger partial charge in [0, 0.05) is 10.2 Å². The number of hydrogen-bond acceptors (Lipinski definition) is 4. The van der Waals surface area contributed by atoms with Crippen molar-refractivity contribution >= 4 is 27.6 Å². The van der Waals surface area contributed by atoms with Crippen molar-refractivity contribution in [1.29, 1.82) is 0 Å². The van der Waals surface area contributed by atoms with Crippen molar-refractivity contribution in [2.75, 3.05) is 18.6 Å². The third kappa shape index (κ3) is 2.61. The number of nitrogens with two attached hydrogens (primary N) is 1. The summed E-state index contributed by atoms with van der Waals surface area (Å²) >= 11 is 3.62. The maximum absolute atomic E-state index is 6.09. The van der Waals surface area contributed by atoms with E-state index in [-0.39, 0.29) is 6.04 Å². The van der Waals surface area contributed by atoms with Crippen molar-refractivity contribution in [2.24, 2.45) is 10.7 Å². The second-order valence-corrected chi connectivity index (χ2v) is 5.66. The van der Waals surface area contributed by atoms with Crippen LogP contribution in [0.25, 0.3) is 0 Å². The fraction of sp³-hybridized carbons (Fsp3) is 0.188. The molecule has 1 heterocycles. The molecule has 108 valence electrons. The van der Waals surface area contributed by atoms with Gasteiger partial charge in [0.15, 0.2) is 5.96 Å². The number of methoxy groups -OCH3 is 1. The van der Waals surface area contributed by atoms with Crippen LogP contribution in [0.1, 0.15) is 11.6 Å². The molecule has 1 atom stereocenters. The van der Waals surface area contributed by atoms with Crippen LogP contribution in [0.2, 0.25) is 0 Å². The van der Waals surface area contributed by atoms with E-state index < -0.39 is 0 Å². The molecule has 0 saturated carbocycles. The molecule has 0 aromatic heterocycles. The zero-order valence-electron chi connectivity index (χ0n) is 11.7. The third-order valence-electron chi connectivity index (χ3n) is 3.58. The first-order chi connectivity index (χ1) is 10.2. The molecule has 5 heteroatoms. The van der Waals surface area contributed by atoms with E-state index in [1.807, 2.05) is 48.5 Å². The van der Waals surface area contributed by atoms with Crippen LogP contribution in [0, 0.1) is 0 Å². The van der Waals surface area contributed by atoms with Gasteiger partial charge in [-0.25, -0.2) is 0 Å². The number of halogens is 1. The number of hydrogen-bond donors (Lipinski definition) is 1. The topological polar surface area (TPSA) is 50.9 Å². The summed E-state index contributed by atoms with van der Waals surface area (Å²) in [5.41, 5.74) is 8.24. The van der Waals surface area contributed by atoms with Crippen molar-refractivity contribution in [3.8, 4) is 5.75 Å². The molecule has 0 radical (unpaired) electrons. The van der Waals surface area contributed by atoms with Gasteiger partial charge in [-0.3, -0.25) is 4.99 Å². The van der Waals surface area contributed by atoms with Gasteiger partial charge >= 0.3 is 0 Å². The molecule has 0 saturated heterocycles. The zero-order valence-corrected chi connectivity index (χ0v) is 13.2. The number of anilines is 1. The van der Waals surface area contributed by atoms with Crippen molar-refractivity contribution in [1.82, 2.24) is 0 Å². The lowest BCUT2D eigenvalue weighted by Crippen LogP contribution is -2.36. The van der Waals surface area contributed by atoms with Crippen LogP contribution in [-0.2, 0) is 0 Å². The first-order valence-electron chi connectivity index (χ1n) is 6.68. The van der Waals surface area contributed by atoms with Crippen LogP contribution in [0.4, 0.5) is 5.69 Å². The van der Waals surface area contributed by atoms with Gasteiger partial charge in [0.05, 0.1) is 19.7 Å². The number of benzene rings is 2. The molecule has 1 aliphatic rings. The first-order valence-corrected chi connectivity index (χ1v) is 7.47. The Bertz CT molecular complexity index is 672. The average Bonchev–Trinajstić information content (AvgIpc) is 2.90. The summed E-state index contributed by atoms with van der Waals surface area (Å²) in [4.78, 5) is 6.46. The Balaban J connectivity index is 2.02. The first kappa shape index (κ1) is 13.9. The maximum atomic E-state index is 6.09. The van der Waals surface area contributed by atoms with Crippen LogP contribution in [0.15, 0.2) is 58.0 Å². The van der Waals surface area contributed by atoms with Gasteiger partial charge in [0.1, 0.15) is 5.75 Å². The zero-order chi connectivity index (χ0) is 14.8. The summed E-state index contributed by atoms with van der Waals surface area (Å²) in [6, 6.07) is 16.1. The number of ether oxygens (including phenoxy) is 1. The van der Waals surface area contributed by atoms with Crippen molar-refractivity contribution in [2.45, 2.75) is 6.04 Å². The normalized spacial score (nSPS) is 17.7. The van der Waals surface area contributed by atoms with Gasteiger partial charge in [-0.15, -0.1) is 0 Å². The Morgan fingerprint density at radius 2 is 2.00 bits per heavy atom. The van der Waals surface area contributed by atoms with Crippen LogP contribution in [-0.4, -0.2) is 19.6 Å². The largest absolute Gasteiger partial charge is 0.497 e. The lowest BCUT2D eigenvalue weighted by atomic mass is 10.1. The molecule has 0 fully saturated rings. The third-order valence-corrected chi connectivity index (χ3v) is 4.30. The molecule has 21 heavy (non-hydrogen) atoms. The maximum Gasteiger partial charge on any atom is 0.196 e. The highest BCUT2D eigenvalue weighted by Gasteiger charge is 2.30. The minimum absolute atomic E-state index is 0.0666. The van der Waals surface area contributed by atoms with E-state index in [0.717, 1.165) is 21.5 Å². The Morgan fingerprint density at radius 1 is 1.24 bits per heavy atom. The van der Waals surface area contributed by atoms with E-state index in [2.05, 4.69) is 25.8 Å². The number of nitrogens with zero attached hydrogens (tertiary/aromatic N) is 2. The number of rotatable bonds is 3. The van der Waals surface area contributed by atoms with Gasteiger partial charge in [0.2, 0.25) is 0 Å². The minimum Gasteiger partial charge on any atom is -0.497 e. The SMILES string of the molecule is COc1ccc(Br)c(C2CN=C(N)N2c2ccccc2)c1. The molecule has 4 nitrogen and oxygen atoms in total. The fourth-order valence-electron chi connectivity index (χ4n) is 2.54. The molecule has 1 aliphatic heterocycles. The van der Waals surface area contributed by atoms with E-state index in [1.165, 1.54) is 0 Å². The summed E-state index contributed by atoms with van der Waals surface area (Å²) < 4.78 is 6.36. The summed E-state index contributed by atoms with van der Waals surface area (Å²) in [6.07, 6.45) is 0. The monoisotopic (exact) mass is 345 g/mol. The highest BCUT2D eigenvalue weighted by atomic mass is 79.9. The smallest absolute Gasteiger partial charge is 0.196 e. The molecule has 2 N–H and O–H groups in total. The number of aliphatic imine (C=N–C) groups is 1. The molecule has 2 aromatic rings. The molecule has 3 rings (SSSR count). The van der Waals surface area contributed by atoms with Crippen LogP contribution < -0.4 is 15.4 Å². The molecular formula is C16H16BrN3O. The predicted octanol–water partition coefficient (Wildman–Crippen LogP) is 3.33. The van der Waals surface area contributed by atoms with E-state index in [4.69, 9.17) is 10.5 Å². The molecule has 0 amide bonds. The number of guanidine groups is 1. The summed E-state index contributed by atoms with van der Waals surface area (Å²) in [5, 5.41) is 0. The number of para-hydroxylation sites is 1. The van der Waals surface area contributed by atoms with Crippen molar-refractivity contribution < 1.29 is 4.74 Å². The minimum atomic E-state index is 0.0666. The van der Waals surface area contributed by atoms with E-state index in [0.29, 0.717) is 12.5 Å². The van der Waals surface area contributed by atoms with E-state index in [1.54, 1.807) is 7.11 Å². The summed E-state index contributed by atoms with van der Waals surface area (Å²) in [5.74, 6) is 1.37. The Hall–Kier alpha value is -2.01. The molecule has 2 aromatic carbocycles. The van der Waals surface area contributed by atoms with E-state index >= 15 is 0 Å².